The molecule has 1 unspecified atom stereocenters. The molecule has 4 heteroatoms. The van der Waals surface area contributed by atoms with Gasteiger partial charge in [-0.15, -0.1) is 6.58 Å². The molecule has 0 aliphatic heterocycles. The molecule has 0 radical (unpaired) electrons. The van der Waals surface area contributed by atoms with Crippen LogP contribution in [0.15, 0.2) is 12.7 Å². The molecule has 0 bridgehead atoms. The molecule has 0 aliphatic rings. The van der Waals surface area contributed by atoms with Crippen LogP contribution < -0.4 is 11.3 Å². The zero-order chi connectivity index (χ0) is 11.5. The van der Waals surface area contributed by atoms with Crippen molar-refractivity contribution >= 4 is 0 Å². The first-order chi connectivity index (χ1) is 7.29. The molecule has 0 heterocycles. The van der Waals surface area contributed by atoms with Crippen molar-refractivity contribution in [2.75, 3.05) is 14.2 Å². The third-order valence-electron chi connectivity index (χ3n) is 2.43. The molecule has 90 valence electrons. The topological polar surface area (TPSA) is 56.5 Å². The average Bonchev–Trinajstić information content (AvgIpc) is 2.27. The third-order valence-corrected chi connectivity index (χ3v) is 2.43. The molecule has 0 saturated carbocycles. The van der Waals surface area contributed by atoms with Gasteiger partial charge in [-0.2, -0.15) is 0 Å². The maximum Gasteiger partial charge on any atom is 0.173 e. The van der Waals surface area contributed by atoms with Crippen LogP contribution in [0.1, 0.15) is 32.1 Å². The molecule has 0 aromatic carbocycles. The van der Waals surface area contributed by atoms with Gasteiger partial charge in [0.05, 0.1) is 6.04 Å². The van der Waals surface area contributed by atoms with Gasteiger partial charge in [0.1, 0.15) is 0 Å². The molecule has 3 N–H and O–H groups in total. The number of allylic oxidation sites excluding steroid dienone is 1. The summed E-state index contributed by atoms with van der Waals surface area (Å²) in [6, 6.07) is 0.0590. The summed E-state index contributed by atoms with van der Waals surface area (Å²) in [4.78, 5) is 0. The zero-order valence-corrected chi connectivity index (χ0v) is 9.87. The molecule has 15 heavy (non-hydrogen) atoms. The van der Waals surface area contributed by atoms with Crippen LogP contribution in [-0.2, 0) is 9.47 Å². The van der Waals surface area contributed by atoms with Gasteiger partial charge >= 0.3 is 0 Å². The Balaban J connectivity index is 3.64. The fraction of sp³-hybridized carbons (Fsp3) is 0.818. The van der Waals surface area contributed by atoms with Crippen LogP contribution in [-0.4, -0.2) is 26.6 Å². The molecule has 0 aromatic rings. The van der Waals surface area contributed by atoms with Crippen LogP contribution in [0, 0.1) is 0 Å². The quantitative estimate of drug-likeness (QED) is 0.191. The number of hydrazine groups is 1. The van der Waals surface area contributed by atoms with Gasteiger partial charge in [0.25, 0.3) is 0 Å². The van der Waals surface area contributed by atoms with Crippen molar-refractivity contribution in [3.63, 3.8) is 0 Å². The van der Waals surface area contributed by atoms with Crippen LogP contribution >= 0.6 is 0 Å². The van der Waals surface area contributed by atoms with Gasteiger partial charge < -0.3 is 9.47 Å². The summed E-state index contributed by atoms with van der Waals surface area (Å²) in [6.07, 6.45) is 7.21. The van der Waals surface area contributed by atoms with Gasteiger partial charge in [-0.25, -0.2) is 0 Å². The Hall–Kier alpha value is -0.420. The number of hydrogen-bond acceptors (Lipinski definition) is 4. The van der Waals surface area contributed by atoms with Crippen molar-refractivity contribution in [3.8, 4) is 0 Å². The number of unbranched alkanes of at least 4 members (excludes halogenated alkanes) is 3. The summed E-state index contributed by atoms with van der Waals surface area (Å²) in [5, 5.41) is 0. The molecule has 0 fully saturated rings. The number of methoxy groups -OCH3 is 2. The van der Waals surface area contributed by atoms with Crippen molar-refractivity contribution in [2.24, 2.45) is 5.84 Å². The van der Waals surface area contributed by atoms with Gasteiger partial charge in [-0.3, -0.25) is 11.3 Å². The largest absolute Gasteiger partial charge is 0.354 e. The van der Waals surface area contributed by atoms with Crippen molar-refractivity contribution in [1.29, 1.82) is 0 Å². The lowest BCUT2D eigenvalue weighted by atomic mass is 10.1. The second kappa shape index (κ2) is 10.1. The van der Waals surface area contributed by atoms with E-state index in [0.29, 0.717) is 0 Å². The first-order valence-corrected chi connectivity index (χ1v) is 5.42. The standard InChI is InChI=1S/C11H24N2O2/c1-4-5-6-7-8-9-10(13-12)11(14-2)15-3/h4,10-11,13H,1,5-9,12H2,2-3H3. The molecule has 0 aromatic heterocycles. The molecule has 1 atom stereocenters. The van der Waals surface area contributed by atoms with Crippen molar-refractivity contribution < 1.29 is 9.47 Å². The molecular formula is C11H24N2O2. The minimum absolute atomic E-state index is 0.0590. The number of nitrogens with one attached hydrogen (secondary N) is 1. The normalized spacial score (nSPS) is 13.1. The molecule has 4 nitrogen and oxygen atoms in total. The van der Waals surface area contributed by atoms with Gasteiger partial charge in [0.2, 0.25) is 0 Å². The Labute approximate surface area is 92.8 Å². The lowest BCUT2D eigenvalue weighted by molar-refractivity contribution is -0.124. The van der Waals surface area contributed by atoms with Crippen LogP contribution in [0.5, 0.6) is 0 Å². The number of nitrogens with two attached hydrogens (primary N) is 1. The van der Waals surface area contributed by atoms with Crippen molar-refractivity contribution in [3.05, 3.63) is 12.7 Å². The Morgan fingerprint density at radius 1 is 1.27 bits per heavy atom. The zero-order valence-electron chi connectivity index (χ0n) is 9.87. The summed E-state index contributed by atoms with van der Waals surface area (Å²) in [7, 11) is 3.24. The maximum atomic E-state index is 5.44. The van der Waals surface area contributed by atoms with E-state index in [4.69, 9.17) is 15.3 Å². The molecule has 0 spiro atoms. The average molecular weight is 216 g/mol. The van der Waals surface area contributed by atoms with Gasteiger partial charge in [0.15, 0.2) is 6.29 Å². The van der Waals surface area contributed by atoms with Gasteiger partial charge in [-0.05, 0) is 19.3 Å². The SMILES string of the molecule is C=CCCCCCC(NN)C(OC)OC. The number of rotatable bonds is 10. The fourth-order valence-corrected chi connectivity index (χ4v) is 1.55. The Morgan fingerprint density at radius 3 is 2.40 bits per heavy atom. The smallest absolute Gasteiger partial charge is 0.173 e. The summed E-state index contributed by atoms with van der Waals surface area (Å²) in [5.41, 5.74) is 2.72. The Kier molecular flexibility index (Phi) is 9.83. The van der Waals surface area contributed by atoms with E-state index in [9.17, 15) is 0 Å². The van der Waals surface area contributed by atoms with E-state index >= 15 is 0 Å². The maximum absolute atomic E-state index is 5.44. The minimum atomic E-state index is -0.269. The molecule has 0 saturated heterocycles. The van der Waals surface area contributed by atoms with E-state index < -0.39 is 0 Å². The van der Waals surface area contributed by atoms with Crippen LogP contribution in [0.25, 0.3) is 0 Å². The molecule has 0 aliphatic carbocycles. The minimum Gasteiger partial charge on any atom is -0.354 e. The van der Waals surface area contributed by atoms with E-state index in [1.54, 1.807) is 14.2 Å². The summed E-state index contributed by atoms with van der Waals surface area (Å²) in [5.74, 6) is 5.44. The first kappa shape index (κ1) is 14.6. The summed E-state index contributed by atoms with van der Waals surface area (Å²) < 4.78 is 10.3. The summed E-state index contributed by atoms with van der Waals surface area (Å²) >= 11 is 0. The molecule has 0 rings (SSSR count). The highest BCUT2D eigenvalue weighted by atomic mass is 16.7. The van der Waals surface area contributed by atoms with E-state index in [1.165, 1.54) is 12.8 Å². The highest BCUT2D eigenvalue weighted by molar-refractivity contribution is 4.69. The third kappa shape index (κ3) is 6.62. The predicted octanol–water partition coefficient (Wildman–Crippen LogP) is 1.57. The van der Waals surface area contributed by atoms with Crippen LogP contribution in [0.3, 0.4) is 0 Å². The lowest BCUT2D eigenvalue weighted by Crippen LogP contribution is -2.45. The van der Waals surface area contributed by atoms with E-state index in [-0.39, 0.29) is 12.3 Å². The van der Waals surface area contributed by atoms with Crippen molar-refractivity contribution in [1.82, 2.24) is 5.43 Å². The Morgan fingerprint density at radius 2 is 1.93 bits per heavy atom. The van der Waals surface area contributed by atoms with E-state index in [2.05, 4.69) is 12.0 Å². The summed E-state index contributed by atoms with van der Waals surface area (Å²) in [6.45, 7) is 3.69. The highest BCUT2D eigenvalue weighted by Gasteiger charge is 2.18. The lowest BCUT2D eigenvalue weighted by Gasteiger charge is -2.23. The van der Waals surface area contributed by atoms with Gasteiger partial charge in [0, 0.05) is 14.2 Å². The first-order valence-electron chi connectivity index (χ1n) is 5.42. The number of ether oxygens (including phenoxy) is 2. The molecular weight excluding hydrogens is 192 g/mol. The van der Waals surface area contributed by atoms with Crippen molar-refractivity contribution in [2.45, 2.75) is 44.4 Å². The van der Waals surface area contributed by atoms with Crippen LogP contribution in [0.2, 0.25) is 0 Å². The highest BCUT2D eigenvalue weighted by Crippen LogP contribution is 2.10. The number of hydrogen-bond donors (Lipinski definition) is 2. The predicted molar refractivity (Wildman–Crippen MR) is 62.2 cm³/mol. The van der Waals surface area contributed by atoms with E-state index in [0.717, 1.165) is 19.3 Å². The second-order valence-corrected chi connectivity index (χ2v) is 3.54. The molecule has 0 amide bonds. The fourth-order valence-electron chi connectivity index (χ4n) is 1.55. The second-order valence-electron chi connectivity index (χ2n) is 3.54. The van der Waals surface area contributed by atoms with Crippen LogP contribution in [0.4, 0.5) is 0 Å². The van der Waals surface area contributed by atoms with Gasteiger partial charge in [-0.1, -0.05) is 18.9 Å². The Bertz CT molecular complexity index is 150. The van der Waals surface area contributed by atoms with E-state index in [1.807, 2.05) is 6.08 Å². The monoisotopic (exact) mass is 216 g/mol.